The van der Waals surface area contributed by atoms with Gasteiger partial charge in [-0.15, -0.1) is 0 Å². The Balaban J connectivity index is 1.45. The quantitative estimate of drug-likeness (QED) is 0.522. The van der Waals surface area contributed by atoms with E-state index in [1.54, 1.807) is 23.8 Å². The van der Waals surface area contributed by atoms with Gasteiger partial charge < -0.3 is 4.90 Å². The molecule has 3 aromatic rings. The molecule has 1 atom stereocenters. The number of hydrogen-bond donors (Lipinski definition) is 2. The van der Waals surface area contributed by atoms with Crippen molar-refractivity contribution in [1.82, 2.24) is 10.5 Å². The Morgan fingerprint density at radius 3 is 2.83 bits per heavy atom. The van der Waals surface area contributed by atoms with Crippen molar-refractivity contribution in [3.8, 4) is 0 Å². The van der Waals surface area contributed by atoms with E-state index in [9.17, 15) is 9.59 Å². The molecule has 146 valence electrons. The van der Waals surface area contributed by atoms with Crippen LogP contribution in [0.5, 0.6) is 0 Å². The Hall–Kier alpha value is -3.25. The predicted octanol–water partition coefficient (Wildman–Crippen LogP) is 3.27. The van der Waals surface area contributed by atoms with Crippen LogP contribution in [-0.2, 0) is 17.6 Å². The minimum Gasteiger partial charge on any atom is -0.310 e. The lowest BCUT2D eigenvalue weighted by Gasteiger charge is -2.33. The Morgan fingerprint density at radius 1 is 1.10 bits per heavy atom. The van der Waals surface area contributed by atoms with E-state index < -0.39 is 11.3 Å². The van der Waals surface area contributed by atoms with Gasteiger partial charge in [-0.2, -0.15) is 0 Å². The van der Waals surface area contributed by atoms with Gasteiger partial charge in [0.2, 0.25) is 5.91 Å². The van der Waals surface area contributed by atoms with Gasteiger partial charge in [-0.1, -0.05) is 24.3 Å². The Morgan fingerprint density at radius 2 is 1.97 bits per heavy atom. The zero-order valence-corrected chi connectivity index (χ0v) is 15.9. The Bertz CT molecular complexity index is 1140. The number of aryl methyl sites for hydroxylation is 1. The minimum absolute atomic E-state index is 0.136. The summed E-state index contributed by atoms with van der Waals surface area (Å²) in [5.74, 6) is -0.397. The number of rotatable bonds is 2. The Labute approximate surface area is 168 Å². The first-order valence-corrected chi connectivity index (χ1v) is 9.83. The summed E-state index contributed by atoms with van der Waals surface area (Å²) in [5.41, 5.74) is 5.59. The van der Waals surface area contributed by atoms with E-state index in [-0.39, 0.29) is 5.91 Å². The number of carbonyl (C=O) groups is 2. The smallest absolute Gasteiger partial charge is 0.274 e. The number of hydroxylamine groups is 1. The van der Waals surface area contributed by atoms with Crippen LogP contribution >= 0.6 is 0 Å². The number of fused-ring (bicyclic) bond motifs is 2. The number of carbonyl (C=O) groups excluding carboxylic acids is 2. The second-order valence-electron chi connectivity index (χ2n) is 7.97. The normalized spacial score (nSPS) is 20.9. The molecule has 1 saturated heterocycles. The molecule has 2 N–H and O–H groups in total. The number of amides is 2. The second kappa shape index (κ2) is 6.67. The first-order valence-electron chi connectivity index (χ1n) is 9.83. The van der Waals surface area contributed by atoms with Crippen molar-refractivity contribution in [3.63, 3.8) is 0 Å². The maximum Gasteiger partial charge on any atom is 0.274 e. The number of para-hydroxylation sites is 1. The zero-order valence-electron chi connectivity index (χ0n) is 15.9. The summed E-state index contributed by atoms with van der Waals surface area (Å²) in [5, 5.41) is 9.93. The predicted molar refractivity (Wildman–Crippen MR) is 109 cm³/mol. The van der Waals surface area contributed by atoms with Gasteiger partial charge in [0.1, 0.15) is 0 Å². The fraction of sp³-hybridized carbons (Fsp3) is 0.261. The number of hydrogen-bond acceptors (Lipinski definition) is 4. The summed E-state index contributed by atoms with van der Waals surface area (Å²) >= 11 is 0. The molecule has 2 heterocycles. The van der Waals surface area contributed by atoms with E-state index >= 15 is 0 Å². The molecular weight excluding hydrogens is 366 g/mol. The highest BCUT2D eigenvalue weighted by Gasteiger charge is 2.48. The highest BCUT2D eigenvalue weighted by atomic mass is 16.5. The molecule has 2 aromatic carbocycles. The van der Waals surface area contributed by atoms with Crippen LogP contribution in [-0.4, -0.2) is 28.6 Å². The fourth-order valence-electron chi connectivity index (χ4n) is 4.74. The minimum atomic E-state index is -0.533. The lowest BCUT2D eigenvalue weighted by atomic mass is 9.70. The third kappa shape index (κ3) is 2.87. The van der Waals surface area contributed by atoms with Crippen molar-refractivity contribution in [2.45, 2.75) is 25.7 Å². The van der Waals surface area contributed by atoms with Crippen molar-refractivity contribution >= 4 is 28.4 Å². The monoisotopic (exact) mass is 387 g/mol. The highest BCUT2D eigenvalue weighted by molar-refractivity contribution is 6.01. The number of nitrogens with zero attached hydrogens (tertiary/aromatic N) is 2. The molecular formula is C23H21N3O3. The van der Waals surface area contributed by atoms with Crippen LogP contribution in [0, 0.1) is 5.41 Å². The van der Waals surface area contributed by atoms with Crippen LogP contribution in [0.3, 0.4) is 0 Å². The van der Waals surface area contributed by atoms with E-state index in [2.05, 4.69) is 4.98 Å². The van der Waals surface area contributed by atoms with Crippen LogP contribution in [0.2, 0.25) is 0 Å². The van der Waals surface area contributed by atoms with Crippen molar-refractivity contribution in [2.24, 2.45) is 5.41 Å². The number of anilines is 1. The molecule has 1 spiro atoms. The second-order valence-corrected chi connectivity index (χ2v) is 7.97. The summed E-state index contributed by atoms with van der Waals surface area (Å²) in [7, 11) is 0. The number of aromatic nitrogens is 1. The molecule has 2 aliphatic rings. The van der Waals surface area contributed by atoms with Crippen molar-refractivity contribution < 1.29 is 14.8 Å². The maximum absolute atomic E-state index is 13.5. The van der Waals surface area contributed by atoms with E-state index in [0.29, 0.717) is 18.5 Å². The lowest BCUT2D eigenvalue weighted by molar-refractivity contribution is -0.126. The average molecular weight is 387 g/mol. The summed E-state index contributed by atoms with van der Waals surface area (Å²) in [4.78, 5) is 31.6. The van der Waals surface area contributed by atoms with Gasteiger partial charge in [0.25, 0.3) is 5.91 Å². The Kier molecular flexibility index (Phi) is 4.10. The largest absolute Gasteiger partial charge is 0.310 e. The van der Waals surface area contributed by atoms with Gasteiger partial charge in [0.05, 0.1) is 22.8 Å². The SMILES string of the molecule is O=C(NO)c1ccc2c(c1)CC1(CC2)CCN(c2cnc3ccccc3c2)C1=O. The van der Waals surface area contributed by atoms with Crippen molar-refractivity contribution in [1.29, 1.82) is 0 Å². The lowest BCUT2D eigenvalue weighted by Crippen LogP contribution is -2.39. The van der Waals surface area contributed by atoms with Gasteiger partial charge in [0.15, 0.2) is 0 Å². The fourth-order valence-corrected chi connectivity index (χ4v) is 4.74. The number of nitrogens with one attached hydrogen (secondary N) is 1. The number of pyridine rings is 1. The third-order valence-electron chi connectivity index (χ3n) is 6.37. The molecule has 0 radical (unpaired) electrons. The van der Waals surface area contributed by atoms with E-state index in [4.69, 9.17) is 5.21 Å². The van der Waals surface area contributed by atoms with Crippen LogP contribution in [0.25, 0.3) is 10.9 Å². The molecule has 2 amide bonds. The van der Waals surface area contributed by atoms with Crippen LogP contribution in [0.1, 0.15) is 34.3 Å². The van der Waals surface area contributed by atoms with Crippen LogP contribution < -0.4 is 10.4 Å². The molecule has 0 saturated carbocycles. The van der Waals surface area contributed by atoms with Crippen molar-refractivity contribution in [2.75, 3.05) is 11.4 Å². The third-order valence-corrected chi connectivity index (χ3v) is 6.37. The maximum atomic E-state index is 13.5. The highest BCUT2D eigenvalue weighted by Crippen LogP contribution is 2.45. The first kappa shape index (κ1) is 17.8. The summed E-state index contributed by atoms with van der Waals surface area (Å²) in [6.45, 7) is 0.672. The first-order chi connectivity index (χ1) is 14.1. The molecule has 6 heteroatoms. The van der Waals surface area contributed by atoms with Gasteiger partial charge >= 0.3 is 0 Å². The van der Waals surface area contributed by atoms with E-state index in [0.717, 1.165) is 41.4 Å². The molecule has 1 aliphatic heterocycles. The molecule has 1 unspecified atom stereocenters. The average Bonchev–Trinajstić information content (AvgIpc) is 3.07. The topological polar surface area (TPSA) is 82.5 Å². The summed E-state index contributed by atoms with van der Waals surface area (Å²) in [6, 6.07) is 15.4. The summed E-state index contributed by atoms with van der Waals surface area (Å²) in [6.07, 6.45) is 4.80. The van der Waals surface area contributed by atoms with Crippen LogP contribution in [0.4, 0.5) is 5.69 Å². The molecule has 6 nitrogen and oxygen atoms in total. The van der Waals surface area contributed by atoms with E-state index in [1.807, 2.05) is 41.3 Å². The van der Waals surface area contributed by atoms with Gasteiger partial charge in [-0.3, -0.25) is 19.8 Å². The molecule has 1 aliphatic carbocycles. The number of benzene rings is 2. The van der Waals surface area contributed by atoms with Crippen molar-refractivity contribution in [3.05, 3.63) is 71.4 Å². The van der Waals surface area contributed by atoms with Gasteiger partial charge in [-0.25, -0.2) is 5.48 Å². The standard InChI is InChI=1S/C23H21N3O3/c27-21(25-29)17-6-5-15-7-8-23(13-18(15)11-17)9-10-26(22(23)28)19-12-16-3-1-2-4-20(16)24-14-19/h1-6,11-12,14,29H,7-10,13H2,(H,25,27). The molecule has 1 aromatic heterocycles. The van der Waals surface area contributed by atoms with Gasteiger partial charge in [-0.05, 0) is 61.1 Å². The summed E-state index contributed by atoms with van der Waals surface area (Å²) < 4.78 is 0. The van der Waals surface area contributed by atoms with E-state index in [1.165, 1.54) is 5.56 Å². The van der Waals surface area contributed by atoms with Gasteiger partial charge in [0, 0.05) is 17.5 Å². The molecule has 1 fully saturated rings. The molecule has 29 heavy (non-hydrogen) atoms. The molecule has 5 rings (SSSR count). The zero-order chi connectivity index (χ0) is 20.0. The molecule has 0 bridgehead atoms. The van der Waals surface area contributed by atoms with Crippen LogP contribution in [0.15, 0.2) is 54.7 Å².